The van der Waals surface area contributed by atoms with Gasteiger partial charge in [-0.2, -0.15) is 0 Å². The van der Waals surface area contributed by atoms with Crippen molar-refractivity contribution in [3.8, 4) is 0 Å². The molecular weight excluding hydrogens is 220 g/mol. The van der Waals surface area contributed by atoms with Crippen molar-refractivity contribution in [2.75, 3.05) is 13.2 Å². The maximum Gasteiger partial charge on any atom is 0.305 e. The van der Waals surface area contributed by atoms with Crippen molar-refractivity contribution in [2.24, 2.45) is 11.7 Å². The SMILES string of the molecule is CCOC(=O)CCCNC(=O)C1CCCC1N. The van der Waals surface area contributed by atoms with Crippen LogP contribution in [-0.4, -0.2) is 31.1 Å². The Morgan fingerprint density at radius 2 is 2.18 bits per heavy atom. The van der Waals surface area contributed by atoms with Crippen LogP contribution in [0.15, 0.2) is 0 Å². The molecule has 0 aromatic rings. The van der Waals surface area contributed by atoms with E-state index in [4.69, 9.17) is 10.5 Å². The summed E-state index contributed by atoms with van der Waals surface area (Å²) in [7, 11) is 0. The van der Waals surface area contributed by atoms with E-state index in [9.17, 15) is 9.59 Å². The summed E-state index contributed by atoms with van der Waals surface area (Å²) >= 11 is 0. The van der Waals surface area contributed by atoms with Gasteiger partial charge in [0.05, 0.1) is 12.5 Å². The number of esters is 1. The molecule has 1 rings (SSSR count). The summed E-state index contributed by atoms with van der Waals surface area (Å²) in [5, 5.41) is 2.83. The third-order valence-electron chi connectivity index (χ3n) is 3.07. The van der Waals surface area contributed by atoms with Gasteiger partial charge in [-0.1, -0.05) is 6.42 Å². The zero-order valence-electron chi connectivity index (χ0n) is 10.4. The Morgan fingerprint density at radius 3 is 2.76 bits per heavy atom. The maximum atomic E-state index is 11.7. The van der Waals surface area contributed by atoms with Gasteiger partial charge in [-0.25, -0.2) is 0 Å². The third-order valence-corrected chi connectivity index (χ3v) is 3.07. The van der Waals surface area contributed by atoms with Crippen LogP contribution in [0, 0.1) is 5.92 Å². The Balaban J connectivity index is 2.10. The molecule has 0 aromatic carbocycles. The van der Waals surface area contributed by atoms with Crippen molar-refractivity contribution in [1.82, 2.24) is 5.32 Å². The van der Waals surface area contributed by atoms with Crippen LogP contribution >= 0.6 is 0 Å². The predicted molar refractivity (Wildman–Crippen MR) is 64.2 cm³/mol. The van der Waals surface area contributed by atoms with E-state index in [-0.39, 0.29) is 23.8 Å². The lowest BCUT2D eigenvalue weighted by atomic mass is 10.0. The lowest BCUT2D eigenvalue weighted by Crippen LogP contribution is -2.39. The second kappa shape index (κ2) is 7.27. The fraction of sp³-hybridized carbons (Fsp3) is 0.833. The fourth-order valence-corrected chi connectivity index (χ4v) is 2.12. The van der Waals surface area contributed by atoms with Crippen molar-refractivity contribution in [3.63, 3.8) is 0 Å². The summed E-state index contributed by atoms with van der Waals surface area (Å²) in [4.78, 5) is 22.8. The zero-order valence-corrected chi connectivity index (χ0v) is 10.4. The van der Waals surface area contributed by atoms with E-state index in [1.54, 1.807) is 6.92 Å². The Morgan fingerprint density at radius 1 is 1.41 bits per heavy atom. The number of nitrogens with one attached hydrogen (secondary N) is 1. The quantitative estimate of drug-likeness (QED) is 0.527. The molecule has 0 radical (unpaired) electrons. The summed E-state index contributed by atoms with van der Waals surface area (Å²) in [6.07, 6.45) is 3.81. The van der Waals surface area contributed by atoms with E-state index in [2.05, 4.69) is 5.32 Å². The van der Waals surface area contributed by atoms with Crippen LogP contribution in [-0.2, 0) is 14.3 Å². The minimum Gasteiger partial charge on any atom is -0.466 e. The van der Waals surface area contributed by atoms with Crippen molar-refractivity contribution in [1.29, 1.82) is 0 Å². The molecule has 5 nitrogen and oxygen atoms in total. The molecule has 1 amide bonds. The number of rotatable bonds is 6. The topological polar surface area (TPSA) is 81.4 Å². The number of nitrogens with two attached hydrogens (primary N) is 1. The van der Waals surface area contributed by atoms with Crippen molar-refractivity contribution in [2.45, 2.75) is 45.1 Å². The molecule has 0 bridgehead atoms. The van der Waals surface area contributed by atoms with Gasteiger partial charge in [-0.15, -0.1) is 0 Å². The van der Waals surface area contributed by atoms with Crippen LogP contribution in [0.1, 0.15) is 39.0 Å². The average molecular weight is 242 g/mol. The van der Waals surface area contributed by atoms with E-state index in [1.165, 1.54) is 0 Å². The van der Waals surface area contributed by atoms with Gasteiger partial charge in [0, 0.05) is 19.0 Å². The molecule has 1 fully saturated rings. The standard InChI is InChI=1S/C12H22N2O3/c1-2-17-11(15)7-4-8-14-12(16)9-5-3-6-10(9)13/h9-10H,2-8,13H2,1H3,(H,14,16). The van der Waals surface area contributed by atoms with Gasteiger partial charge in [-0.3, -0.25) is 9.59 Å². The molecule has 0 aromatic heterocycles. The molecule has 1 aliphatic carbocycles. The minimum atomic E-state index is -0.209. The van der Waals surface area contributed by atoms with E-state index < -0.39 is 0 Å². The first-order valence-corrected chi connectivity index (χ1v) is 6.34. The third kappa shape index (κ3) is 4.73. The van der Waals surface area contributed by atoms with Crippen LogP contribution in [0.25, 0.3) is 0 Å². The zero-order chi connectivity index (χ0) is 12.7. The van der Waals surface area contributed by atoms with Crippen LogP contribution in [0.5, 0.6) is 0 Å². The lowest BCUT2D eigenvalue weighted by Gasteiger charge is -2.14. The monoisotopic (exact) mass is 242 g/mol. The fourth-order valence-electron chi connectivity index (χ4n) is 2.12. The summed E-state index contributed by atoms with van der Waals surface area (Å²) in [5.41, 5.74) is 5.84. The van der Waals surface area contributed by atoms with Crippen LogP contribution in [0.2, 0.25) is 0 Å². The van der Waals surface area contributed by atoms with Gasteiger partial charge >= 0.3 is 5.97 Å². The van der Waals surface area contributed by atoms with Gasteiger partial charge < -0.3 is 15.8 Å². The highest BCUT2D eigenvalue weighted by Crippen LogP contribution is 2.23. The molecule has 2 unspecified atom stereocenters. The highest BCUT2D eigenvalue weighted by atomic mass is 16.5. The summed E-state index contributed by atoms with van der Waals surface area (Å²) in [6, 6.07) is 0.0000525. The molecule has 1 saturated carbocycles. The normalized spacial score (nSPS) is 23.4. The van der Waals surface area contributed by atoms with Crippen molar-refractivity contribution < 1.29 is 14.3 Å². The lowest BCUT2D eigenvalue weighted by molar-refractivity contribution is -0.143. The summed E-state index contributed by atoms with van der Waals surface area (Å²) in [5.74, 6) is -0.226. The van der Waals surface area contributed by atoms with Gasteiger partial charge in [0.15, 0.2) is 0 Å². The minimum absolute atomic E-state index is 0.0000525. The van der Waals surface area contributed by atoms with E-state index in [1.807, 2.05) is 0 Å². The number of hydrogen-bond acceptors (Lipinski definition) is 4. The second-order valence-electron chi connectivity index (χ2n) is 4.40. The molecule has 1 aliphatic rings. The molecule has 3 N–H and O–H groups in total. The molecule has 0 aliphatic heterocycles. The Labute approximate surface area is 102 Å². The summed E-state index contributed by atoms with van der Waals surface area (Å²) < 4.78 is 4.79. The van der Waals surface area contributed by atoms with Gasteiger partial charge in [-0.05, 0) is 26.2 Å². The Bertz CT molecular complexity index is 268. The molecule has 98 valence electrons. The van der Waals surface area contributed by atoms with Gasteiger partial charge in [0.1, 0.15) is 0 Å². The Kier molecular flexibility index (Phi) is 5.97. The number of ether oxygens (including phenoxy) is 1. The predicted octanol–water partition coefficient (Wildman–Crippen LogP) is 0.573. The highest BCUT2D eigenvalue weighted by molar-refractivity contribution is 5.79. The molecule has 0 saturated heterocycles. The van der Waals surface area contributed by atoms with E-state index >= 15 is 0 Å². The van der Waals surface area contributed by atoms with E-state index in [0.717, 1.165) is 19.3 Å². The molecule has 0 spiro atoms. The number of carbonyl (C=O) groups is 2. The average Bonchev–Trinajstić information content (AvgIpc) is 2.71. The van der Waals surface area contributed by atoms with Crippen molar-refractivity contribution >= 4 is 11.9 Å². The van der Waals surface area contributed by atoms with Crippen molar-refractivity contribution in [3.05, 3.63) is 0 Å². The number of carbonyl (C=O) groups excluding carboxylic acids is 2. The second-order valence-corrected chi connectivity index (χ2v) is 4.40. The van der Waals surface area contributed by atoms with Crippen LogP contribution in [0.4, 0.5) is 0 Å². The number of hydrogen-bond donors (Lipinski definition) is 2. The first-order chi connectivity index (χ1) is 8.15. The Hall–Kier alpha value is -1.10. The van der Waals surface area contributed by atoms with Crippen LogP contribution in [0.3, 0.4) is 0 Å². The van der Waals surface area contributed by atoms with Gasteiger partial charge in [0.25, 0.3) is 0 Å². The molecule has 2 atom stereocenters. The molecular formula is C12H22N2O3. The first kappa shape index (κ1) is 14.0. The molecule has 17 heavy (non-hydrogen) atoms. The largest absolute Gasteiger partial charge is 0.466 e. The molecule has 5 heteroatoms. The summed E-state index contributed by atoms with van der Waals surface area (Å²) in [6.45, 7) is 2.70. The van der Waals surface area contributed by atoms with Crippen LogP contribution < -0.4 is 11.1 Å². The smallest absolute Gasteiger partial charge is 0.305 e. The maximum absolute atomic E-state index is 11.7. The molecule has 0 heterocycles. The first-order valence-electron chi connectivity index (χ1n) is 6.34. The van der Waals surface area contributed by atoms with E-state index in [0.29, 0.717) is 26.0 Å². The highest BCUT2D eigenvalue weighted by Gasteiger charge is 2.29. The van der Waals surface area contributed by atoms with Gasteiger partial charge in [0.2, 0.25) is 5.91 Å². The number of amides is 1.